The van der Waals surface area contributed by atoms with Crippen LogP contribution in [0.1, 0.15) is 32.1 Å². The molecule has 1 saturated carbocycles. The number of aliphatic imine (C=N–C) groups is 1. The molecule has 1 aliphatic heterocycles. The lowest BCUT2D eigenvalue weighted by atomic mass is 9.84. The van der Waals surface area contributed by atoms with Gasteiger partial charge in [0.25, 0.3) is 0 Å². The summed E-state index contributed by atoms with van der Waals surface area (Å²) in [6.45, 7) is 2.09. The van der Waals surface area contributed by atoms with E-state index in [4.69, 9.17) is 5.26 Å². The van der Waals surface area contributed by atoms with Crippen molar-refractivity contribution >= 4 is 6.21 Å². The van der Waals surface area contributed by atoms with E-state index >= 15 is 0 Å². The number of likely N-dealkylation sites (tertiary alicyclic amines) is 1. The zero-order valence-electron chi connectivity index (χ0n) is 10.1. The quantitative estimate of drug-likeness (QED) is 0.667. The molecule has 2 aliphatic rings. The second kappa shape index (κ2) is 5.45. The Balaban J connectivity index is 1.98. The molecule has 0 aromatic heterocycles. The van der Waals surface area contributed by atoms with E-state index in [-0.39, 0.29) is 5.92 Å². The predicted octanol–water partition coefficient (Wildman–Crippen LogP) is 2.09. The van der Waals surface area contributed by atoms with Crippen LogP contribution in [0.3, 0.4) is 0 Å². The average Bonchev–Trinajstić information content (AvgIpc) is 2.79. The molecule has 1 heterocycles. The molecule has 0 aromatic rings. The van der Waals surface area contributed by atoms with Crippen LogP contribution in [0.15, 0.2) is 4.99 Å². The molecule has 0 spiro atoms. The molecule has 1 aliphatic carbocycles. The van der Waals surface area contributed by atoms with Gasteiger partial charge in [-0.3, -0.25) is 4.90 Å². The molecule has 16 heavy (non-hydrogen) atoms. The van der Waals surface area contributed by atoms with E-state index in [1.807, 2.05) is 7.05 Å². The van der Waals surface area contributed by atoms with Crippen LogP contribution >= 0.6 is 0 Å². The maximum Gasteiger partial charge on any atom is 0.0669 e. The first-order chi connectivity index (χ1) is 7.85. The minimum absolute atomic E-state index is 0.265. The van der Waals surface area contributed by atoms with Gasteiger partial charge >= 0.3 is 0 Å². The van der Waals surface area contributed by atoms with E-state index in [1.165, 1.54) is 25.7 Å². The summed E-state index contributed by atoms with van der Waals surface area (Å²) in [7, 11) is 1.87. The zero-order valence-corrected chi connectivity index (χ0v) is 10.1. The van der Waals surface area contributed by atoms with Crippen molar-refractivity contribution in [1.29, 1.82) is 5.26 Å². The van der Waals surface area contributed by atoms with Crippen molar-refractivity contribution < 1.29 is 0 Å². The summed E-state index contributed by atoms with van der Waals surface area (Å²) in [5.74, 6) is 0.886. The van der Waals surface area contributed by atoms with Gasteiger partial charge in [0.05, 0.1) is 12.0 Å². The molecule has 0 N–H and O–H groups in total. The summed E-state index contributed by atoms with van der Waals surface area (Å²) in [6.07, 6.45) is 8.42. The van der Waals surface area contributed by atoms with Gasteiger partial charge in [0.15, 0.2) is 0 Å². The smallest absolute Gasteiger partial charge is 0.0669 e. The molecule has 2 fully saturated rings. The van der Waals surface area contributed by atoms with Crippen molar-refractivity contribution in [3.05, 3.63) is 0 Å². The molecular formula is C13H21N3. The third-order valence-corrected chi connectivity index (χ3v) is 3.99. The standard InChI is InChI=1S/C13H21N3/c1-15-9-12-4-2-3-5-13(12)16-7-6-11(8-14)10-16/h9,11-13H,2-7,10H2,1H3/b15-9+/t11-,12?,13-/m0/s1. The maximum absolute atomic E-state index is 8.95. The lowest BCUT2D eigenvalue weighted by Crippen LogP contribution is -2.41. The summed E-state index contributed by atoms with van der Waals surface area (Å²) in [5, 5.41) is 8.95. The summed E-state index contributed by atoms with van der Waals surface area (Å²) >= 11 is 0. The molecule has 1 unspecified atom stereocenters. The fourth-order valence-corrected chi connectivity index (χ4v) is 3.15. The van der Waals surface area contributed by atoms with Crippen LogP contribution in [0.5, 0.6) is 0 Å². The van der Waals surface area contributed by atoms with Gasteiger partial charge in [-0.05, 0) is 25.8 Å². The summed E-state index contributed by atoms with van der Waals surface area (Å²) in [4.78, 5) is 6.73. The van der Waals surface area contributed by atoms with Gasteiger partial charge in [0, 0.05) is 31.8 Å². The molecule has 0 radical (unpaired) electrons. The lowest BCUT2D eigenvalue weighted by Gasteiger charge is -2.36. The van der Waals surface area contributed by atoms with Crippen LogP contribution in [0, 0.1) is 23.2 Å². The van der Waals surface area contributed by atoms with E-state index in [9.17, 15) is 0 Å². The highest BCUT2D eigenvalue weighted by Crippen LogP contribution is 2.30. The lowest BCUT2D eigenvalue weighted by molar-refractivity contribution is 0.161. The van der Waals surface area contributed by atoms with Crippen molar-refractivity contribution in [2.75, 3.05) is 20.1 Å². The Morgan fingerprint density at radius 3 is 2.81 bits per heavy atom. The highest BCUT2D eigenvalue weighted by Gasteiger charge is 2.33. The van der Waals surface area contributed by atoms with Gasteiger partial charge < -0.3 is 4.99 Å². The van der Waals surface area contributed by atoms with Crippen molar-refractivity contribution in [1.82, 2.24) is 4.90 Å². The van der Waals surface area contributed by atoms with Crippen LogP contribution in [0.25, 0.3) is 0 Å². The maximum atomic E-state index is 8.95. The molecule has 3 nitrogen and oxygen atoms in total. The molecule has 2 rings (SSSR count). The highest BCUT2D eigenvalue weighted by atomic mass is 15.2. The Morgan fingerprint density at radius 1 is 1.31 bits per heavy atom. The monoisotopic (exact) mass is 219 g/mol. The third-order valence-electron chi connectivity index (χ3n) is 3.99. The van der Waals surface area contributed by atoms with Crippen LogP contribution in [-0.2, 0) is 0 Å². The Kier molecular flexibility index (Phi) is 3.95. The van der Waals surface area contributed by atoms with Crippen LogP contribution in [0.2, 0.25) is 0 Å². The SMILES string of the molecule is C/N=C/C1CCCC[C@@H]1N1CC[C@@H](C#N)C1. The van der Waals surface area contributed by atoms with E-state index < -0.39 is 0 Å². The Bertz CT molecular complexity index is 292. The molecule has 0 amide bonds. The summed E-state index contributed by atoms with van der Waals surface area (Å²) in [5.41, 5.74) is 0. The topological polar surface area (TPSA) is 39.4 Å². The van der Waals surface area contributed by atoms with E-state index in [0.29, 0.717) is 12.0 Å². The molecule has 3 heteroatoms. The highest BCUT2D eigenvalue weighted by molar-refractivity contribution is 5.61. The Morgan fingerprint density at radius 2 is 2.12 bits per heavy atom. The van der Waals surface area contributed by atoms with Gasteiger partial charge in [0.1, 0.15) is 0 Å². The van der Waals surface area contributed by atoms with Crippen molar-refractivity contribution in [3.8, 4) is 6.07 Å². The van der Waals surface area contributed by atoms with Gasteiger partial charge in [-0.1, -0.05) is 12.8 Å². The molecule has 0 aromatic carbocycles. The van der Waals surface area contributed by atoms with Crippen LogP contribution in [0.4, 0.5) is 0 Å². The van der Waals surface area contributed by atoms with E-state index in [0.717, 1.165) is 19.5 Å². The fraction of sp³-hybridized carbons (Fsp3) is 0.846. The number of nitrogens with zero attached hydrogens (tertiary/aromatic N) is 3. The number of rotatable bonds is 2. The first-order valence-electron chi connectivity index (χ1n) is 6.41. The number of hydrogen-bond acceptors (Lipinski definition) is 3. The second-order valence-corrected chi connectivity index (χ2v) is 5.03. The Hall–Kier alpha value is -0.880. The summed E-state index contributed by atoms with van der Waals surface area (Å²) < 4.78 is 0. The second-order valence-electron chi connectivity index (χ2n) is 5.03. The number of hydrogen-bond donors (Lipinski definition) is 0. The largest absolute Gasteiger partial charge is 0.301 e. The van der Waals surface area contributed by atoms with E-state index in [1.54, 1.807) is 0 Å². The average molecular weight is 219 g/mol. The van der Waals surface area contributed by atoms with Crippen LogP contribution < -0.4 is 0 Å². The minimum Gasteiger partial charge on any atom is -0.301 e. The van der Waals surface area contributed by atoms with E-state index in [2.05, 4.69) is 22.2 Å². The summed E-state index contributed by atoms with van der Waals surface area (Å²) in [6, 6.07) is 3.05. The normalized spacial score (nSPS) is 36.6. The zero-order chi connectivity index (χ0) is 11.4. The first kappa shape index (κ1) is 11.6. The molecule has 0 bridgehead atoms. The van der Waals surface area contributed by atoms with Crippen molar-refractivity contribution in [3.63, 3.8) is 0 Å². The Labute approximate surface area is 98.2 Å². The van der Waals surface area contributed by atoms with Crippen LogP contribution in [-0.4, -0.2) is 37.3 Å². The first-order valence-corrected chi connectivity index (χ1v) is 6.41. The molecular weight excluding hydrogens is 198 g/mol. The minimum atomic E-state index is 0.265. The van der Waals surface area contributed by atoms with Gasteiger partial charge in [-0.2, -0.15) is 5.26 Å². The molecule has 1 saturated heterocycles. The van der Waals surface area contributed by atoms with Gasteiger partial charge in [0.2, 0.25) is 0 Å². The van der Waals surface area contributed by atoms with Crippen molar-refractivity contribution in [2.24, 2.45) is 16.8 Å². The van der Waals surface area contributed by atoms with Crippen molar-refractivity contribution in [2.45, 2.75) is 38.1 Å². The number of nitriles is 1. The van der Waals surface area contributed by atoms with Gasteiger partial charge in [-0.15, -0.1) is 0 Å². The molecule has 3 atom stereocenters. The third kappa shape index (κ3) is 2.44. The molecule has 88 valence electrons. The fourth-order valence-electron chi connectivity index (χ4n) is 3.15. The predicted molar refractivity (Wildman–Crippen MR) is 65.5 cm³/mol. The van der Waals surface area contributed by atoms with Gasteiger partial charge in [-0.25, -0.2) is 0 Å².